The van der Waals surface area contributed by atoms with E-state index in [0.29, 0.717) is 52.0 Å². The molecule has 13 heteroatoms. The maximum atomic E-state index is 13.5. The van der Waals surface area contributed by atoms with Crippen LogP contribution in [0.25, 0.3) is 11.1 Å². The third kappa shape index (κ3) is 6.46. The standard InChI is InChI=1S/C34H37Cl2N7O4/c1-34(2,3)47-33(46)43-17-16-26-24(18-43)38-30(42(26)5)32(45)40-23-14-9-11-20(28(23)36)19-10-8-13-22(27(19)35)39-31(44)29-37-21-12-6-7-15-25(21)41(29)4/h8-11,13-14H,6-7,12,15-18H2,1-5H3,(H,39,44)(H,40,45). The van der Waals surface area contributed by atoms with Crippen LogP contribution in [-0.2, 0) is 44.6 Å². The van der Waals surface area contributed by atoms with Gasteiger partial charge in [-0.2, -0.15) is 0 Å². The quantitative estimate of drug-likeness (QED) is 0.239. The molecular weight excluding hydrogens is 641 g/mol. The molecule has 1 aliphatic heterocycles. The second kappa shape index (κ2) is 12.7. The lowest BCUT2D eigenvalue weighted by Gasteiger charge is -2.29. The number of nitrogens with zero attached hydrogens (tertiary/aromatic N) is 5. The molecule has 0 radical (unpaired) electrons. The van der Waals surface area contributed by atoms with Crippen molar-refractivity contribution in [1.29, 1.82) is 0 Å². The van der Waals surface area contributed by atoms with E-state index in [2.05, 4.69) is 20.6 Å². The number of aromatic nitrogens is 4. The summed E-state index contributed by atoms with van der Waals surface area (Å²) in [4.78, 5) is 50.2. The van der Waals surface area contributed by atoms with Crippen LogP contribution in [0.15, 0.2) is 36.4 Å². The van der Waals surface area contributed by atoms with Crippen molar-refractivity contribution in [3.63, 3.8) is 0 Å². The van der Waals surface area contributed by atoms with E-state index in [4.69, 9.17) is 27.9 Å². The number of carbonyl (C=O) groups excluding carboxylic acids is 3. The number of carbonyl (C=O) groups is 3. The molecule has 0 unspecified atom stereocenters. The van der Waals surface area contributed by atoms with Gasteiger partial charge in [0.15, 0.2) is 11.6 Å². The highest BCUT2D eigenvalue weighted by molar-refractivity contribution is 6.40. The second-order valence-corrected chi connectivity index (χ2v) is 13.6. The summed E-state index contributed by atoms with van der Waals surface area (Å²) in [6.07, 6.45) is 4.05. The smallest absolute Gasteiger partial charge is 0.410 e. The van der Waals surface area contributed by atoms with Gasteiger partial charge in [0.1, 0.15) is 5.60 Å². The van der Waals surface area contributed by atoms with Crippen LogP contribution >= 0.6 is 23.2 Å². The first kappa shape index (κ1) is 32.6. The fraction of sp³-hybridized carbons (Fsp3) is 0.382. The Bertz CT molecular complexity index is 1910. The molecule has 4 aromatic rings. The SMILES string of the molecule is Cn1c(C(=O)Nc2cccc(-c3cccc(NC(=O)c4nc5c(n4C)CCN(C(=O)OC(C)(C)C)C5)c3Cl)c2Cl)nc2c1CCCC2. The Kier molecular flexibility index (Phi) is 8.80. The topological polar surface area (TPSA) is 123 Å². The Hall–Kier alpha value is -4.35. The van der Waals surface area contributed by atoms with Crippen molar-refractivity contribution in [1.82, 2.24) is 24.0 Å². The average Bonchev–Trinajstić information content (AvgIpc) is 3.55. The highest BCUT2D eigenvalue weighted by atomic mass is 35.5. The van der Waals surface area contributed by atoms with Gasteiger partial charge in [0, 0.05) is 49.6 Å². The maximum absolute atomic E-state index is 13.5. The second-order valence-electron chi connectivity index (χ2n) is 12.9. The lowest BCUT2D eigenvalue weighted by Crippen LogP contribution is -2.40. The normalized spacial score (nSPS) is 14.3. The van der Waals surface area contributed by atoms with Gasteiger partial charge in [-0.15, -0.1) is 0 Å². The van der Waals surface area contributed by atoms with Crippen LogP contribution in [0.3, 0.4) is 0 Å². The van der Waals surface area contributed by atoms with Gasteiger partial charge in [-0.3, -0.25) is 9.59 Å². The Morgan fingerprint density at radius 3 is 1.81 bits per heavy atom. The molecule has 1 aliphatic carbocycles. The number of halogens is 2. The zero-order valence-corrected chi connectivity index (χ0v) is 28.6. The molecule has 2 aromatic heterocycles. The van der Waals surface area contributed by atoms with Gasteiger partial charge in [0.25, 0.3) is 11.8 Å². The minimum atomic E-state index is -0.612. The maximum Gasteiger partial charge on any atom is 0.410 e. The summed E-state index contributed by atoms with van der Waals surface area (Å²) in [7, 11) is 3.64. The van der Waals surface area contributed by atoms with E-state index in [0.717, 1.165) is 42.8 Å². The minimum absolute atomic E-state index is 0.196. The van der Waals surface area contributed by atoms with Gasteiger partial charge in [0.2, 0.25) is 0 Å². The highest BCUT2D eigenvalue weighted by Crippen LogP contribution is 2.40. The Morgan fingerprint density at radius 1 is 0.766 bits per heavy atom. The predicted molar refractivity (Wildman–Crippen MR) is 181 cm³/mol. The number of rotatable bonds is 5. The van der Waals surface area contributed by atoms with Crippen molar-refractivity contribution in [3.8, 4) is 11.1 Å². The Balaban J connectivity index is 1.20. The molecule has 0 spiro atoms. The lowest BCUT2D eigenvalue weighted by molar-refractivity contribution is 0.0220. The van der Waals surface area contributed by atoms with Crippen LogP contribution in [0.5, 0.6) is 0 Å². The number of amides is 3. The van der Waals surface area contributed by atoms with E-state index in [9.17, 15) is 14.4 Å². The van der Waals surface area contributed by atoms with Crippen LogP contribution in [0, 0.1) is 0 Å². The number of nitrogens with one attached hydrogen (secondary N) is 2. The van der Waals surface area contributed by atoms with Gasteiger partial charge in [-0.05, 0) is 58.6 Å². The molecule has 6 rings (SSSR count). The Labute approximate surface area is 283 Å². The highest BCUT2D eigenvalue weighted by Gasteiger charge is 2.30. The van der Waals surface area contributed by atoms with E-state index < -0.39 is 17.6 Å². The van der Waals surface area contributed by atoms with Gasteiger partial charge in [-0.1, -0.05) is 47.5 Å². The first-order chi connectivity index (χ1) is 22.3. The van der Waals surface area contributed by atoms with Gasteiger partial charge in [0.05, 0.1) is 39.4 Å². The zero-order valence-electron chi connectivity index (χ0n) is 27.0. The van der Waals surface area contributed by atoms with Crippen molar-refractivity contribution in [2.24, 2.45) is 14.1 Å². The Morgan fingerprint density at radius 2 is 1.28 bits per heavy atom. The number of fused-ring (bicyclic) bond motifs is 2. The van der Waals surface area contributed by atoms with Crippen molar-refractivity contribution in [2.45, 2.75) is 65.0 Å². The molecule has 2 aromatic carbocycles. The summed E-state index contributed by atoms with van der Waals surface area (Å²) < 4.78 is 9.12. The zero-order chi connectivity index (χ0) is 33.6. The van der Waals surface area contributed by atoms with Crippen molar-refractivity contribution < 1.29 is 19.1 Å². The fourth-order valence-electron chi connectivity index (χ4n) is 6.13. The number of hydrogen-bond donors (Lipinski definition) is 2. The number of benzene rings is 2. The predicted octanol–water partition coefficient (Wildman–Crippen LogP) is 6.80. The van der Waals surface area contributed by atoms with Crippen molar-refractivity contribution >= 4 is 52.5 Å². The average molecular weight is 679 g/mol. The molecular formula is C34H37Cl2N7O4. The molecule has 0 atom stereocenters. The number of hydrogen-bond acceptors (Lipinski definition) is 6. The van der Waals surface area contributed by atoms with E-state index in [1.165, 1.54) is 0 Å². The summed E-state index contributed by atoms with van der Waals surface area (Å²) >= 11 is 13.7. The molecule has 47 heavy (non-hydrogen) atoms. The molecule has 246 valence electrons. The van der Waals surface area contributed by atoms with E-state index >= 15 is 0 Å². The summed E-state index contributed by atoms with van der Waals surface area (Å²) in [6, 6.07) is 10.5. The molecule has 0 saturated carbocycles. The number of anilines is 2. The summed E-state index contributed by atoms with van der Waals surface area (Å²) in [6.45, 7) is 6.17. The molecule has 0 fully saturated rings. The van der Waals surface area contributed by atoms with Crippen LogP contribution in [-0.4, -0.2) is 54.1 Å². The molecule has 3 amide bonds. The van der Waals surface area contributed by atoms with E-state index in [1.807, 2.05) is 32.4 Å². The van der Waals surface area contributed by atoms with Crippen LogP contribution in [0.1, 0.15) is 77.6 Å². The van der Waals surface area contributed by atoms with Crippen LogP contribution in [0.4, 0.5) is 16.2 Å². The molecule has 2 N–H and O–H groups in total. The van der Waals surface area contributed by atoms with Gasteiger partial charge in [-0.25, -0.2) is 14.8 Å². The first-order valence-electron chi connectivity index (χ1n) is 15.6. The largest absolute Gasteiger partial charge is 0.444 e. The third-order valence-corrected chi connectivity index (χ3v) is 9.29. The summed E-state index contributed by atoms with van der Waals surface area (Å²) in [5, 5.41) is 6.38. The molecule has 0 bridgehead atoms. The fourth-order valence-corrected chi connectivity index (χ4v) is 6.68. The van der Waals surface area contributed by atoms with E-state index in [1.54, 1.807) is 52.9 Å². The molecule has 2 aliphatic rings. The first-order valence-corrected chi connectivity index (χ1v) is 16.3. The molecule has 11 nitrogen and oxygen atoms in total. The number of ether oxygens (including phenoxy) is 1. The van der Waals surface area contributed by atoms with E-state index in [-0.39, 0.29) is 23.3 Å². The van der Waals surface area contributed by atoms with Crippen LogP contribution < -0.4 is 10.6 Å². The lowest BCUT2D eigenvalue weighted by atomic mass is 10.0. The number of aryl methyl sites for hydroxylation is 1. The minimum Gasteiger partial charge on any atom is -0.444 e. The summed E-state index contributed by atoms with van der Waals surface area (Å²) in [5.74, 6) is -0.259. The van der Waals surface area contributed by atoms with Crippen LogP contribution in [0.2, 0.25) is 10.0 Å². The van der Waals surface area contributed by atoms with Crippen molar-refractivity contribution in [3.05, 3.63) is 80.9 Å². The number of imidazole rings is 2. The van der Waals surface area contributed by atoms with Gasteiger partial charge >= 0.3 is 6.09 Å². The molecule has 3 heterocycles. The monoisotopic (exact) mass is 677 g/mol. The van der Waals surface area contributed by atoms with Crippen molar-refractivity contribution in [2.75, 3.05) is 17.2 Å². The third-order valence-electron chi connectivity index (χ3n) is 8.47. The van der Waals surface area contributed by atoms with Gasteiger partial charge < -0.3 is 29.4 Å². The summed E-state index contributed by atoms with van der Waals surface area (Å²) in [5.41, 5.74) is 4.93. The molecule has 0 saturated heterocycles.